The van der Waals surface area contributed by atoms with Gasteiger partial charge < -0.3 is 31.2 Å². The van der Waals surface area contributed by atoms with E-state index < -0.39 is 42.4 Å². The Balaban J connectivity index is 4.55. The summed E-state index contributed by atoms with van der Waals surface area (Å²) in [5.41, 5.74) is 0. The maximum Gasteiger partial charge on any atom is 0.326 e. The Labute approximate surface area is 140 Å². The van der Waals surface area contributed by atoms with Gasteiger partial charge in [-0.2, -0.15) is 0 Å². The van der Waals surface area contributed by atoms with Crippen LogP contribution in [0.4, 0.5) is 4.79 Å². The molecule has 0 spiro atoms. The van der Waals surface area contributed by atoms with E-state index in [4.69, 9.17) is 15.3 Å². The molecule has 0 bridgehead atoms. The summed E-state index contributed by atoms with van der Waals surface area (Å²) in [6, 6.07) is -3.52. The number of amides is 2. The predicted octanol–water partition coefficient (Wildman–Crippen LogP) is -1.39. The van der Waals surface area contributed by atoms with Gasteiger partial charge in [0.2, 0.25) is 0 Å². The molecule has 0 rings (SSSR count). The molecule has 3 atom stereocenters. The minimum Gasteiger partial charge on any atom is -0.481 e. The molecule has 0 aromatic heterocycles. The van der Waals surface area contributed by atoms with Crippen molar-refractivity contribution < 1.29 is 34.5 Å². The highest BCUT2D eigenvalue weighted by molar-refractivity contribution is 6.04. The molecule has 0 radical (unpaired) electrons. The van der Waals surface area contributed by atoms with Crippen LogP contribution in [0.2, 0.25) is 0 Å². The van der Waals surface area contributed by atoms with Crippen molar-refractivity contribution in [3.8, 4) is 0 Å². The van der Waals surface area contributed by atoms with E-state index in [-0.39, 0.29) is 18.8 Å². The van der Waals surface area contributed by atoms with Crippen molar-refractivity contribution in [1.29, 1.82) is 0 Å². The topological polar surface area (TPSA) is 165 Å². The first kappa shape index (κ1) is 21.7. The van der Waals surface area contributed by atoms with E-state index in [0.717, 1.165) is 0 Å². The smallest absolute Gasteiger partial charge is 0.326 e. The zero-order chi connectivity index (χ0) is 18.7. The van der Waals surface area contributed by atoms with Crippen LogP contribution < -0.4 is 15.9 Å². The van der Waals surface area contributed by atoms with E-state index >= 15 is 0 Å². The van der Waals surface area contributed by atoms with E-state index in [2.05, 4.69) is 15.9 Å². The summed E-state index contributed by atoms with van der Waals surface area (Å²) in [6.07, 6.45) is 0.0219. The first-order valence-corrected chi connectivity index (χ1v) is 7.56. The van der Waals surface area contributed by atoms with Gasteiger partial charge in [0.05, 0.1) is 0 Å². The third-order valence-electron chi connectivity index (χ3n) is 3.35. The second-order valence-corrected chi connectivity index (χ2v) is 5.57. The van der Waals surface area contributed by atoms with Crippen molar-refractivity contribution in [1.82, 2.24) is 15.9 Å². The van der Waals surface area contributed by atoms with Crippen molar-refractivity contribution in [2.75, 3.05) is 6.54 Å². The normalized spacial score (nSPS) is 14.2. The maximum absolute atomic E-state index is 11.8. The molecule has 0 aromatic rings. The number of carbonyl (C=O) groups is 4. The molecule has 0 fully saturated rings. The lowest BCUT2D eigenvalue weighted by atomic mass is 10.0. The van der Waals surface area contributed by atoms with Crippen molar-refractivity contribution >= 4 is 31.9 Å². The molecule has 10 nitrogen and oxygen atoms in total. The molecule has 0 heterocycles. The minimum atomic E-state index is -1.40. The van der Waals surface area contributed by atoms with Gasteiger partial charge in [-0.05, 0) is 31.7 Å². The highest BCUT2D eigenvalue weighted by atomic mass is 16.4. The van der Waals surface area contributed by atoms with Gasteiger partial charge in [-0.25, -0.2) is 14.4 Å². The molecule has 11 heteroatoms. The predicted molar refractivity (Wildman–Crippen MR) is 86.3 cm³/mol. The number of carboxylic acid groups (broad SMARTS) is 3. The highest BCUT2D eigenvalue weighted by Gasteiger charge is 2.25. The number of carboxylic acids is 3. The SMILES string of the molecule is BNCC(C)CC[C@H](NC(=O)N[C@@H](CCC(=O)O)C(=O)O)C(=O)O. The Morgan fingerprint density at radius 1 is 0.917 bits per heavy atom. The van der Waals surface area contributed by atoms with Crippen LogP contribution in [0.1, 0.15) is 32.6 Å². The average molecular weight is 345 g/mol. The molecule has 0 aromatic carbocycles. The standard InChI is InChI=1S/C13H24BN3O7/c1-7(6-15-14)2-3-8(11(20)21)16-13(24)17-9(12(22)23)4-5-10(18)19/h7-9,15H,2-6,14H2,1H3,(H,18,19)(H,20,21)(H,22,23)(H2,16,17,24)/t7?,8-,9-/m0/s1. The molecule has 136 valence electrons. The zero-order valence-corrected chi connectivity index (χ0v) is 13.7. The Hall–Kier alpha value is -2.30. The van der Waals surface area contributed by atoms with Crippen LogP contribution in [-0.4, -0.2) is 65.9 Å². The second-order valence-electron chi connectivity index (χ2n) is 5.57. The van der Waals surface area contributed by atoms with Crippen LogP contribution in [-0.2, 0) is 14.4 Å². The van der Waals surface area contributed by atoms with Crippen molar-refractivity contribution in [2.45, 2.75) is 44.7 Å². The molecule has 24 heavy (non-hydrogen) atoms. The van der Waals surface area contributed by atoms with Gasteiger partial charge in [0, 0.05) is 6.42 Å². The van der Waals surface area contributed by atoms with Crippen LogP contribution in [0.25, 0.3) is 0 Å². The fourth-order valence-corrected chi connectivity index (χ4v) is 2.04. The van der Waals surface area contributed by atoms with Gasteiger partial charge in [-0.1, -0.05) is 6.92 Å². The lowest BCUT2D eigenvalue weighted by Crippen LogP contribution is -2.51. The van der Waals surface area contributed by atoms with E-state index in [1.165, 1.54) is 0 Å². The summed E-state index contributed by atoms with van der Waals surface area (Å²) in [5, 5.41) is 33.9. The molecule has 0 aliphatic rings. The molecular weight excluding hydrogens is 321 g/mol. The summed E-state index contributed by atoms with van der Waals surface area (Å²) >= 11 is 0. The van der Waals surface area contributed by atoms with E-state index in [1.807, 2.05) is 6.92 Å². The van der Waals surface area contributed by atoms with Gasteiger partial charge in [0.15, 0.2) is 7.98 Å². The minimum absolute atomic E-state index is 0.193. The van der Waals surface area contributed by atoms with Crippen molar-refractivity contribution in [3.63, 3.8) is 0 Å². The lowest BCUT2D eigenvalue weighted by molar-refractivity contribution is -0.140. The fraction of sp³-hybridized carbons (Fsp3) is 0.692. The first-order valence-electron chi connectivity index (χ1n) is 7.56. The fourth-order valence-electron chi connectivity index (χ4n) is 2.04. The number of carbonyl (C=O) groups excluding carboxylic acids is 1. The van der Waals surface area contributed by atoms with Gasteiger partial charge in [0.25, 0.3) is 0 Å². The number of hydrogen-bond acceptors (Lipinski definition) is 5. The summed E-state index contributed by atoms with van der Waals surface area (Å²) in [6.45, 7) is 2.64. The average Bonchev–Trinajstić information content (AvgIpc) is 2.47. The van der Waals surface area contributed by atoms with Gasteiger partial charge >= 0.3 is 23.9 Å². The third kappa shape index (κ3) is 9.67. The van der Waals surface area contributed by atoms with Crippen LogP contribution in [0.3, 0.4) is 0 Å². The Morgan fingerprint density at radius 2 is 1.42 bits per heavy atom. The van der Waals surface area contributed by atoms with E-state index in [9.17, 15) is 19.2 Å². The summed E-state index contributed by atoms with van der Waals surface area (Å²) < 4.78 is 0. The number of urea groups is 1. The van der Waals surface area contributed by atoms with Gasteiger partial charge in [-0.15, -0.1) is 0 Å². The van der Waals surface area contributed by atoms with E-state index in [1.54, 1.807) is 7.98 Å². The first-order chi connectivity index (χ1) is 11.2. The van der Waals surface area contributed by atoms with Crippen molar-refractivity contribution in [3.05, 3.63) is 0 Å². The molecule has 1 unspecified atom stereocenters. The number of aliphatic carboxylic acids is 3. The number of hydrogen-bond donors (Lipinski definition) is 6. The van der Waals surface area contributed by atoms with Gasteiger partial charge in [0.1, 0.15) is 12.1 Å². The largest absolute Gasteiger partial charge is 0.481 e. The zero-order valence-electron chi connectivity index (χ0n) is 13.7. The third-order valence-corrected chi connectivity index (χ3v) is 3.35. The molecule has 0 aliphatic carbocycles. The number of rotatable bonds is 12. The van der Waals surface area contributed by atoms with Crippen LogP contribution in [0, 0.1) is 5.92 Å². The Kier molecular flexibility index (Phi) is 10.2. The Morgan fingerprint density at radius 3 is 1.83 bits per heavy atom. The monoisotopic (exact) mass is 345 g/mol. The second kappa shape index (κ2) is 11.3. The van der Waals surface area contributed by atoms with Crippen LogP contribution in [0.15, 0.2) is 0 Å². The number of nitrogens with one attached hydrogen (secondary N) is 3. The molecule has 0 aliphatic heterocycles. The maximum atomic E-state index is 11.8. The molecule has 2 amide bonds. The van der Waals surface area contributed by atoms with Gasteiger partial charge in [-0.3, -0.25) is 4.79 Å². The summed E-state index contributed by atoms with van der Waals surface area (Å²) in [4.78, 5) is 44.4. The van der Waals surface area contributed by atoms with E-state index in [0.29, 0.717) is 13.0 Å². The molecule has 6 N–H and O–H groups in total. The quantitative estimate of drug-likeness (QED) is 0.235. The lowest BCUT2D eigenvalue weighted by Gasteiger charge is -2.19. The molecular formula is C13H24BN3O7. The summed E-state index contributed by atoms with van der Waals surface area (Å²) in [5.74, 6) is -3.59. The molecule has 0 saturated carbocycles. The van der Waals surface area contributed by atoms with Crippen LogP contribution in [0.5, 0.6) is 0 Å². The van der Waals surface area contributed by atoms with Crippen LogP contribution >= 0.6 is 0 Å². The highest BCUT2D eigenvalue weighted by Crippen LogP contribution is 2.08. The summed E-state index contributed by atoms with van der Waals surface area (Å²) in [7, 11) is 1.78. The Bertz CT molecular complexity index is 461. The molecule has 0 saturated heterocycles. The van der Waals surface area contributed by atoms with Crippen molar-refractivity contribution in [2.24, 2.45) is 5.92 Å².